The summed E-state index contributed by atoms with van der Waals surface area (Å²) in [6.45, 7) is 3.82. The van der Waals surface area contributed by atoms with Gasteiger partial charge in [-0.05, 0) is 13.3 Å². The highest BCUT2D eigenvalue weighted by Crippen LogP contribution is 2.17. The lowest BCUT2D eigenvalue weighted by Crippen LogP contribution is -2.16. The highest BCUT2D eigenvalue weighted by atomic mass is 35.5. The lowest BCUT2D eigenvalue weighted by Gasteiger charge is -2.16. The average molecular weight is 123 g/mol. The minimum absolute atomic E-state index is 0.444. The van der Waals surface area contributed by atoms with E-state index in [1.54, 1.807) is 7.11 Å². The van der Waals surface area contributed by atoms with Gasteiger partial charge in [0.25, 0.3) is 0 Å². The van der Waals surface area contributed by atoms with Gasteiger partial charge in [0.2, 0.25) is 0 Å². The summed E-state index contributed by atoms with van der Waals surface area (Å²) in [4.78, 5) is 0. The number of alkyl halides is 1. The van der Waals surface area contributed by atoms with Gasteiger partial charge in [0.1, 0.15) is 5.06 Å². The van der Waals surface area contributed by atoms with Crippen LogP contribution in [-0.2, 0) is 4.74 Å². The molecule has 0 amide bonds. The minimum Gasteiger partial charge on any atom is -0.363 e. The van der Waals surface area contributed by atoms with Crippen molar-refractivity contribution in [3.05, 3.63) is 0 Å². The van der Waals surface area contributed by atoms with Gasteiger partial charge in [-0.3, -0.25) is 0 Å². The van der Waals surface area contributed by atoms with Crippen LogP contribution in [0.4, 0.5) is 0 Å². The van der Waals surface area contributed by atoms with E-state index in [0.29, 0.717) is 0 Å². The fraction of sp³-hybridized carbons (Fsp3) is 1.00. The van der Waals surface area contributed by atoms with E-state index in [1.807, 2.05) is 13.8 Å². The molecule has 0 aliphatic heterocycles. The van der Waals surface area contributed by atoms with Crippen LogP contribution in [0.5, 0.6) is 0 Å². The zero-order chi connectivity index (χ0) is 5.91. The number of hydrogen-bond acceptors (Lipinski definition) is 1. The molecular formula is C5H11ClO. The SMILES string of the molecule is CCC(C)(Cl)OC. The topological polar surface area (TPSA) is 9.23 Å². The number of rotatable bonds is 2. The Balaban J connectivity index is 3.36. The van der Waals surface area contributed by atoms with Crippen molar-refractivity contribution in [2.24, 2.45) is 0 Å². The van der Waals surface area contributed by atoms with Gasteiger partial charge in [-0.15, -0.1) is 0 Å². The van der Waals surface area contributed by atoms with Crippen LogP contribution in [0.3, 0.4) is 0 Å². The zero-order valence-corrected chi connectivity index (χ0v) is 5.75. The summed E-state index contributed by atoms with van der Waals surface area (Å²) in [7, 11) is 1.61. The van der Waals surface area contributed by atoms with Crippen LogP contribution in [-0.4, -0.2) is 12.2 Å². The predicted octanol–water partition coefficient (Wildman–Crippen LogP) is 2.00. The van der Waals surface area contributed by atoms with Gasteiger partial charge in [0.05, 0.1) is 0 Å². The van der Waals surface area contributed by atoms with Crippen molar-refractivity contribution in [3.63, 3.8) is 0 Å². The monoisotopic (exact) mass is 122 g/mol. The molecule has 0 saturated heterocycles. The smallest absolute Gasteiger partial charge is 0.138 e. The maximum Gasteiger partial charge on any atom is 0.138 e. The maximum atomic E-state index is 5.68. The van der Waals surface area contributed by atoms with Crippen molar-refractivity contribution in [2.45, 2.75) is 25.3 Å². The predicted molar refractivity (Wildman–Crippen MR) is 31.6 cm³/mol. The van der Waals surface area contributed by atoms with Crippen LogP contribution in [0.15, 0.2) is 0 Å². The third-order valence-corrected chi connectivity index (χ3v) is 1.48. The molecule has 44 valence electrons. The molecule has 0 aromatic carbocycles. The highest BCUT2D eigenvalue weighted by molar-refractivity contribution is 6.22. The van der Waals surface area contributed by atoms with Crippen molar-refractivity contribution in [3.8, 4) is 0 Å². The van der Waals surface area contributed by atoms with Crippen LogP contribution < -0.4 is 0 Å². The summed E-state index contributed by atoms with van der Waals surface area (Å²) in [5, 5.41) is -0.444. The maximum absolute atomic E-state index is 5.68. The van der Waals surface area contributed by atoms with Gasteiger partial charge in [0, 0.05) is 7.11 Å². The number of hydrogen-bond donors (Lipinski definition) is 0. The molecular weight excluding hydrogens is 112 g/mol. The standard InChI is InChI=1S/C5H11ClO/c1-4-5(2,6)7-3/h4H2,1-3H3. The Morgan fingerprint density at radius 3 is 2.14 bits per heavy atom. The van der Waals surface area contributed by atoms with Gasteiger partial charge >= 0.3 is 0 Å². The molecule has 0 aliphatic rings. The molecule has 2 heteroatoms. The summed E-state index contributed by atoms with van der Waals surface area (Å²) in [6, 6.07) is 0. The fourth-order valence-corrected chi connectivity index (χ4v) is 0.144. The van der Waals surface area contributed by atoms with Crippen LogP contribution in [0.1, 0.15) is 20.3 Å². The third kappa shape index (κ3) is 2.89. The Labute approximate surface area is 49.6 Å². The number of halogens is 1. The molecule has 0 spiro atoms. The van der Waals surface area contributed by atoms with Crippen LogP contribution in [0.25, 0.3) is 0 Å². The summed E-state index contributed by atoms with van der Waals surface area (Å²) in [5.74, 6) is 0. The first-order valence-electron chi connectivity index (χ1n) is 2.36. The van der Waals surface area contributed by atoms with E-state index in [-0.39, 0.29) is 0 Å². The van der Waals surface area contributed by atoms with Gasteiger partial charge in [-0.25, -0.2) is 0 Å². The first-order valence-corrected chi connectivity index (χ1v) is 2.74. The van der Waals surface area contributed by atoms with E-state index in [1.165, 1.54) is 0 Å². The van der Waals surface area contributed by atoms with Crippen molar-refractivity contribution in [1.82, 2.24) is 0 Å². The van der Waals surface area contributed by atoms with Crippen molar-refractivity contribution in [2.75, 3.05) is 7.11 Å². The van der Waals surface area contributed by atoms with Gasteiger partial charge < -0.3 is 4.74 Å². The third-order valence-electron chi connectivity index (χ3n) is 1.06. The molecule has 0 fully saturated rings. The van der Waals surface area contributed by atoms with Crippen molar-refractivity contribution < 1.29 is 4.74 Å². The molecule has 0 aromatic rings. The lowest BCUT2D eigenvalue weighted by atomic mass is 10.3. The molecule has 1 nitrogen and oxygen atoms in total. The number of methoxy groups -OCH3 is 1. The molecule has 0 rings (SSSR count). The molecule has 0 N–H and O–H groups in total. The minimum atomic E-state index is -0.444. The molecule has 0 bridgehead atoms. The second kappa shape index (κ2) is 2.53. The molecule has 0 saturated carbocycles. The van der Waals surface area contributed by atoms with E-state index >= 15 is 0 Å². The Morgan fingerprint density at radius 2 is 2.14 bits per heavy atom. The van der Waals surface area contributed by atoms with E-state index in [9.17, 15) is 0 Å². The largest absolute Gasteiger partial charge is 0.363 e. The molecule has 1 atom stereocenters. The summed E-state index contributed by atoms with van der Waals surface area (Å²) < 4.78 is 4.85. The Hall–Kier alpha value is 0.250. The Morgan fingerprint density at radius 1 is 1.71 bits per heavy atom. The van der Waals surface area contributed by atoms with Crippen molar-refractivity contribution in [1.29, 1.82) is 0 Å². The average Bonchev–Trinajstić information content (AvgIpc) is 1.68. The molecule has 0 aromatic heterocycles. The quantitative estimate of drug-likeness (QED) is 0.509. The summed E-state index contributed by atoms with van der Waals surface area (Å²) in [5.41, 5.74) is 0. The highest BCUT2D eigenvalue weighted by Gasteiger charge is 2.14. The van der Waals surface area contributed by atoms with Crippen LogP contribution in [0, 0.1) is 0 Å². The van der Waals surface area contributed by atoms with E-state index in [0.717, 1.165) is 6.42 Å². The van der Waals surface area contributed by atoms with Gasteiger partial charge in [-0.1, -0.05) is 18.5 Å². The zero-order valence-electron chi connectivity index (χ0n) is 4.99. The van der Waals surface area contributed by atoms with E-state index < -0.39 is 5.06 Å². The number of ether oxygens (including phenoxy) is 1. The second-order valence-corrected chi connectivity index (χ2v) is 2.46. The van der Waals surface area contributed by atoms with E-state index in [4.69, 9.17) is 16.3 Å². The summed E-state index contributed by atoms with van der Waals surface area (Å²) >= 11 is 5.68. The van der Waals surface area contributed by atoms with Crippen molar-refractivity contribution >= 4 is 11.6 Å². The lowest BCUT2D eigenvalue weighted by molar-refractivity contribution is 0.0769. The van der Waals surface area contributed by atoms with Crippen LogP contribution in [0.2, 0.25) is 0 Å². The molecule has 7 heavy (non-hydrogen) atoms. The molecule has 0 heterocycles. The van der Waals surface area contributed by atoms with E-state index in [2.05, 4.69) is 0 Å². The molecule has 1 unspecified atom stereocenters. The fourth-order valence-electron chi connectivity index (χ4n) is 0.144. The summed E-state index contributed by atoms with van der Waals surface area (Å²) in [6.07, 6.45) is 0.838. The van der Waals surface area contributed by atoms with Gasteiger partial charge in [0.15, 0.2) is 0 Å². The Bertz CT molecular complexity index is 46.0. The van der Waals surface area contributed by atoms with Crippen LogP contribution >= 0.6 is 11.6 Å². The first-order chi connectivity index (χ1) is 3.12. The second-order valence-electron chi connectivity index (χ2n) is 1.66. The Kier molecular flexibility index (Phi) is 2.62. The normalized spacial score (nSPS) is 18.9. The molecule has 0 aliphatic carbocycles. The first kappa shape index (κ1) is 7.25. The molecule has 0 radical (unpaired) electrons. The van der Waals surface area contributed by atoms with Gasteiger partial charge in [-0.2, -0.15) is 0 Å².